The van der Waals surface area contributed by atoms with E-state index in [2.05, 4.69) is 33.4 Å². The van der Waals surface area contributed by atoms with Crippen molar-refractivity contribution in [3.05, 3.63) is 22.2 Å². The molecule has 1 atom stereocenters. The van der Waals surface area contributed by atoms with Crippen LogP contribution in [0.3, 0.4) is 0 Å². The number of hydrogen-bond acceptors (Lipinski definition) is 3. The zero-order valence-electron chi connectivity index (χ0n) is 10.3. The van der Waals surface area contributed by atoms with Crippen LogP contribution < -0.4 is 14.8 Å². The fraction of sp³-hybridized carbons (Fsp3) is 0.538. The Hall–Kier alpha value is -0.740. The second kappa shape index (κ2) is 5.74. The van der Waals surface area contributed by atoms with Gasteiger partial charge in [0, 0.05) is 6.04 Å². The molecule has 1 heterocycles. The number of piperidine rings is 1. The van der Waals surface area contributed by atoms with Gasteiger partial charge in [0.2, 0.25) is 0 Å². The molecule has 1 aromatic rings. The Kier molecular flexibility index (Phi) is 4.29. The molecule has 17 heavy (non-hydrogen) atoms. The van der Waals surface area contributed by atoms with Crippen LogP contribution in [0.2, 0.25) is 0 Å². The molecule has 1 unspecified atom stereocenters. The Labute approximate surface area is 111 Å². The third kappa shape index (κ3) is 2.75. The van der Waals surface area contributed by atoms with Gasteiger partial charge in [-0.05, 0) is 53.0 Å². The molecule has 0 amide bonds. The average Bonchev–Trinajstić information content (AvgIpc) is 2.40. The summed E-state index contributed by atoms with van der Waals surface area (Å²) in [6.07, 6.45) is 3.72. The largest absolute Gasteiger partial charge is 0.495 e. The Morgan fingerprint density at radius 1 is 1.18 bits per heavy atom. The molecule has 0 saturated carbocycles. The van der Waals surface area contributed by atoms with E-state index in [1.807, 2.05) is 0 Å². The summed E-state index contributed by atoms with van der Waals surface area (Å²) < 4.78 is 11.6. The maximum atomic E-state index is 5.36. The van der Waals surface area contributed by atoms with E-state index >= 15 is 0 Å². The van der Waals surface area contributed by atoms with Gasteiger partial charge in [0.1, 0.15) is 16.0 Å². The maximum absolute atomic E-state index is 5.36. The molecule has 1 aliphatic rings. The van der Waals surface area contributed by atoms with Crippen molar-refractivity contribution in [1.29, 1.82) is 0 Å². The molecule has 0 bridgehead atoms. The molecule has 4 heteroatoms. The minimum atomic E-state index is 0.416. The highest BCUT2D eigenvalue weighted by Gasteiger charge is 2.18. The van der Waals surface area contributed by atoms with E-state index in [1.165, 1.54) is 24.8 Å². The average molecular weight is 300 g/mol. The molecule has 1 saturated heterocycles. The van der Waals surface area contributed by atoms with E-state index in [-0.39, 0.29) is 0 Å². The van der Waals surface area contributed by atoms with Crippen LogP contribution in [0.4, 0.5) is 0 Å². The summed E-state index contributed by atoms with van der Waals surface area (Å²) in [5.41, 5.74) is 1.24. The highest BCUT2D eigenvalue weighted by molar-refractivity contribution is 9.10. The molecule has 0 aromatic heterocycles. The summed E-state index contributed by atoms with van der Waals surface area (Å²) in [6.45, 7) is 1.09. The predicted octanol–water partition coefficient (Wildman–Crippen LogP) is 3.28. The number of halogens is 1. The van der Waals surface area contributed by atoms with Crippen molar-refractivity contribution in [1.82, 2.24) is 5.32 Å². The SMILES string of the molecule is COc1cc(C2CCCCN2)cc(OC)c1Br. The Bertz CT molecular complexity index is 364. The van der Waals surface area contributed by atoms with Gasteiger partial charge in [-0.3, -0.25) is 0 Å². The van der Waals surface area contributed by atoms with E-state index in [0.29, 0.717) is 6.04 Å². The highest BCUT2D eigenvalue weighted by Crippen LogP contribution is 2.38. The minimum Gasteiger partial charge on any atom is -0.495 e. The van der Waals surface area contributed by atoms with Crippen molar-refractivity contribution in [2.75, 3.05) is 20.8 Å². The monoisotopic (exact) mass is 299 g/mol. The zero-order chi connectivity index (χ0) is 12.3. The van der Waals surface area contributed by atoms with Crippen LogP contribution in [-0.4, -0.2) is 20.8 Å². The maximum Gasteiger partial charge on any atom is 0.137 e. The van der Waals surface area contributed by atoms with E-state index < -0.39 is 0 Å². The van der Waals surface area contributed by atoms with Crippen molar-refractivity contribution < 1.29 is 9.47 Å². The smallest absolute Gasteiger partial charge is 0.137 e. The highest BCUT2D eigenvalue weighted by atomic mass is 79.9. The first-order chi connectivity index (χ1) is 8.26. The third-order valence-corrected chi connectivity index (χ3v) is 3.96. The first kappa shape index (κ1) is 12.7. The third-order valence-electron chi connectivity index (χ3n) is 3.18. The van der Waals surface area contributed by atoms with Gasteiger partial charge < -0.3 is 14.8 Å². The number of ether oxygens (including phenoxy) is 2. The lowest BCUT2D eigenvalue weighted by Crippen LogP contribution is -2.26. The number of nitrogens with one attached hydrogen (secondary N) is 1. The summed E-state index contributed by atoms with van der Waals surface area (Å²) in [7, 11) is 3.36. The van der Waals surface area contributed by atoms with Gasteiger partial charge >= 0.3 is 0 Å². The van der Waals surface area contributed by atoms with Crippen LogP contribution in [0.5, 0.6) is 11.5 Å². The lowest BCUT2D eigenvalue weighted by molar-refractivity contribution is 0.379. The van der Waals surface area contributed by atoms with E-state index in [9.17, 15) is 0 Å². The molecule has 3 nitrogen and oxygen atoms in total. The second-order valence-electron chi connectivity index (χ2n) is 4.24. The van der Waals surface area contributed by atoms with Crippen molar-refractivity contribution in [3.8, 4) is 11.5 Å². The van der Waals surface area contributed by atoms with Crippen molar-refractivity contribution in [3.63, 3.8) is 0 Å². The first-order valence-corrected chi connectivity index (χ1v) is 6.70. The van der Waals surface area contributed by atoms with E-state index in [4.69, 9.17) is 9.47 Å². The zero-order valence-corrected chi connectivity index (χ0v) is 11.8. The van der Waals surface area contributed by atoms with Gasteiger partial charge in [0.15, 0.2) is 0 Å². The number of hydrogen-bond donors (Lipinski definition) is 1. The fourth-order valence-corrected chi connectivity index (χ4v) is 2.78. The standard InChI is InChI=1S/C13H18BrNO2/c1-16-11-7-9(8-12(17-2)13(11)14)10-5-3-4-6-15-10/h7-8,10,15H,3-6H2,1-2H3. The molecule has 1 aromatic carbocycles. The Balaban J connectivity index is 2.33. The molecule has 0 aliphatic carbocycles. The summed E-state index contributed by atoms with van der Waals surface area (Å²) in [5.74, 6) is 1.65. The van der Waals surface area contributed by atoms with Gasteiger partial charge in [0.05, 0.1) is 14.2 Å². The molecule has 94 valence electrons. The Morgan fingerprint density at radius 2 is 1.82 bits per heavy atom. The van der Waals surface area contributed by atoms with Crippen LogP contribution in [0.1, 0.15) is 30.9 Å². The molecule has 1 aliphatic heterocycles. The lowest BCUT2D eigenvalue weighted by atomic mass is 9.97. The topological polar surface area (TPSA) is 30.5 Å². The first-order valence-electron chi connectivity index (χ1n) is 5.91. The lowest BCUT2D eigenvalue weighted by Gasteiger charge is -2.25. The summed E-state index contributed by atoms with van der Waals surface area (Å²) in [6, 6.07) is 4.57. The van der Waals surface area contributed by atoms with Gasteiger partial charge in [-0.2, -0.15) is 0 Å². The van der Waals surface area contributed by atoms with Crippen LogP contribution in [0.15, 0.2) is 16.6 Å². The second-order valence-corrected chi connectivity index (χ2v) is 5.03. The molecular formula is C13H18BrNO2. The molecule has 2 rings (SSSR count). The molecule has 1 N–H and O–H groups in total. The van der Waals surface area contributed by atoms with Crippen molar-refractivity contribution >= 4 is 15.9 Å². The minimum absolute atomic E-state index is 0.416. The van der Waals surface area contributed by atoms with Gasteiger partial charge in [-0.1, -0.05) is 6.42 Å². The molecule has 0 spiro atoms. The molecular weight excluding hydrogens is 282 g/mol. The van der Waals surface area contributed by atoms with Gasteiger partial charge in [-0.25, -0.2) is 0 Å². The van der Waals surface area contributed by atoms with Crippen LogP contribution >= 0.6 is 15.9 Å². The van der Waals surface area contributed by atoms with Gasteiger partial charge in [-0.15, -0.1) is 0 Å². The van der Waals surface area contributed by atoms with E-state index in [1.54, 1.807) is 14.2 Å². The molecule has 1 fully saturated rings. The van der Waals surface area contributed by atoms with Crippen molar-refractivity contribution in [2.45, 2.75) is 25.3 Å². The fourth-order valence-electron chi connectivity index (χ4n) is 2.23. The van der Waals surface area contributed by atoms with E-state index in [0.717, 1.165) is 22.5 Å². The summed E-state index contributed by atoms with van der Waals surface area (Å²) >= 11 is 3.49. The van der Waals surface area contributed by atoms with Crippen LogP contribution in [0.25, 0.3) is 0 Å². The summed E-state index contributed by atoms with van der Waals surface area (Å²) in [4.78, 5) is 0. The van der Waals surface area contributed by atoms with Crippen LogP contribution in [0, 0.1) is 0 Å². The normalized spacial score (nSPS) is 20.1. The number of methoxy groups -OCH3 is 2. The Morgan fingerprint density at radius 3 is 2.29 bits per heavy atom. The van der Waals surface area contributed by atoms with Crippen molar-refractivity contribution in [2.24, 2.45) is 0 Å². The number of rotatable bonds is 3. The summed E-state index contributed by atoms with van der Waals surface area (Å²) in [5, 5.41) is 3.53. The number of benzene rings is 1. The molecule has 0 radical (unpaired) electrons. The quantitative estimate of drug-likeness (QED) is 0.929. The van der Waals surface area contributed by atoms with Crippen LogP contribution in [-0.2, 0) is 0 Å². The van der Waals surface area contributed by atoms with Gasteiger partial charge in [0.25, 0.3) is 0 Å². The predicted molar refractivity (Wildman–Crippen MR) is 71.8 cm³/mol.